The minimum atomic E-state index is -4.00. The third-order valence-corrected chi connectivity index (χ3v) is 5.18. The number of hydrogen-bond donors (Lipinski definition) is 2. The predicted octanol–water partition coefficient (Wildman–Crippen LogP) is 3.06. The van der Waals surface area contributed by atoms with Gasteiger partial charge in [-0.25, -0.2) is 8.42 Å². The van der Waals surface area contributed by atoms with E-state index in [4.69, 9.17) is 4.74 Å². The second-order valence-electron chi connectivity index (χ2n) is 6.34. The summed E-state index contributed by atoms with van der Waals surface area (Å²) in [5, 5.41) is 2.77. The van der Waals surface area contributed by atoms with E-state index in [0.29, 0.717) is 24.8 Å². The molecular weight excluding hydrogens is 366 g/mol. The van der Waals surface area contributed by atoms with Gasteiger partial charge >= 0.3 is 0 Å². The second-order valence-corrected chi connectivity index (χ2v) is 8.00. The van der Waals surface area contributed by atoms with Crippen LogP contribution in [0.25, 0.3) is 0 Å². The van der Waals surface area contributed by atoms with Crippen LogP contribution in [0.1, 0.15) is 37.6 Å². The average molecular weight is 391 g/mol. The minimum absolute atomic E-state index is 0.0932. The van der Waals surface area contributed by atoms with Crippen LogP contribution in [0.4, 0.5) is 5.69 Å². The summed E-state index contributed by atoms with van der Waals surface area (Å²) in [7, 11) is -4.00. The van der Waals surface area contributed by atoms with E-state index in [1.165, 1.54) is 24.5 Å². The van der Waals surface area contributed by atoms with Gasteiger partial charge in [-0.15, -0.1) is 0 Å². The van der Waals surface area contributed by atoms with Crippen molar-refractivity contribution in [2.75, 3.05) is 17.9 Å². The van der Waals surface area contributed by atoms with Crippen molar-refractivity contribution in [2.24, 2.45) is 5.92 Å². The Morgan fingerprint density at radius 1 is 1.22 bits per heavy atom. The van der Waals surface area contributed by atoms with Crippen molar-refractivity contribution in [1.29, 1.82) is 0 Å². The molecule has 0 aliphatic rings. The molecule has 0 atom stereocenters. The standard InChI is InChI=1S/C19H25N3O4S/c1-4-26-17-10-11-20-13-16(17)22-27(24,25)18-8-6-5-7-15(18)19(23)21-12-9-14(2)3/h5-8,10-11,13-14,22H,4,9,12H2,1-3H3,(H,21,23). The van der Waals surface area contributed by atoms with E-state index >= 15 is 0 Å². The molecule has 2 rings (SSSR count). The summed E-state index contributed by atoms with van der Waals surface area (Å²) in [6.45, 7) is 6.77. The lowest BCUT2D eigenvalue weighted by Gasteiger charge is -2.14. The molecule has 1 aromatic heterocycles. The minimum Gasteiger partial charge on any atom is -0.492 e. The maximum atomic E-state index is 12.9. The number of pyridine rings is 1. The van der Waals surface area contributed by atoms with Crippen LogP contribution in [0.5, 0.6) is 5.75 Å². The van der Waals surface area contributed by atoms with Gasteiger partial charge in [0.2, 0.25) is 0 Å². The van der Waals surface area contributed by atoms with E-state index in [2.05, 4.69) is 28.9 Å². The van der Waals surface area contributed by atoms with Crippen molar-refractivity contribution in [3.05, 3.63) is 48.3 Å². The van der Waals surface area contributed by atoms with E-state index in [-0.39, 0.29) is 16.1 Å². The summed E-state index contributed by atoms with van der Waals surface area (Å²) < 4.78 is 33.7. The normalized spacial score (nSPS) is 11.3. The number of benzene rings is 1. The number of ether oxygens (including phenoxy) is 1. The molecule has 1 heterocycles. The Morgan fingerprint density at radius 3 is 2.67 bits per heavy atom. The van der Waals surface area contributed by atoms with Gasteiger partial charge < -0.3 is 10.1 Å². The number of amides is 1. The highest BCUT2D eigenvalue weighted by Gasteiger charge is 2.23. The lowest BCUT2D eigenvalue weighted by Crippen LogP contribution is -2.28. The van der Waals surface area contributed by atoms with Gasteiger partial charge in [-0.05, 0) is 31.4 Å². The Kier molecular flexibility index (Phi) is 7.18. The molecule has 0 fully saturated rings. The summed E-state index contributed by atoms with van der Waals surface area (Å²) in [4.78, 5) is 16.3. The molecule has 1 amide bonds. The lowest BCUT2D eigenvalue weighted by atomic mass is 10.1. The number of carbonyl (C=O) groups excluding carboxylic acids is 1. The maximum Gasteiger partial charge on any atom is 0.262 e. The first-order valence-corrected chi connectivity index (χ1v) is 10.3. The molecule has 0 unspecified atom stereocenters. The first kappa shape index (κ1) is 20.7. The third kappa shape index (κ3) is 5.68. The highest BCUT2D eigenvalue weighted by Crippen LogP contribution is 2.26. The van der Waals surface area contributed by atoms with Gasteiger partial charge in [-0.3, -0.25) is 14.5 Å². The van der Waals surface area contributed by atoms with Gasteiger partial charge in [0.1, 0.15) is 16.3 Å². The molecule has 8 heteroatoms. The van der Waals surface area contributed by atoms with Crippen molar-refractivity contribution in [3.63, 3.8) is 0 Å². The van der Waals surface area contributed by atoms with Crippen LogP contribution in [0.15, 0.2) is 47.6 Å². The van der Waals surface area contributed by atoms with Crippen LogP contribution in [0.2, 0.25) is 0 Å². The number of rotatable bonds is 9. The number of anilines is 1. The Bertz CT molecular complexity index is 882. The molecular formula is C19H25N3O4S. The molecule has 2 aromatic rings. The van der Waals surface area contributed by atoms with Crippen molar-refractivity contribution < 1.29 is 17.9 Å². The van der Waals surface area contributed by atoms with Gasteiger partial charge in [0, 0.05) is 18.8 Å². The molecule has 0 aliphatic heterocycles. The number of hydrogen-bond acceptors (Lipinski definition) is 5. The zero-order valence-corrected chi connectivity index (χ0v) is 16.5. The molecule has 0 saturated heterocycles. The molecule has 27 heavy (non-hydrogen) atoms. The predicted molar refractivity (Wildman–Crippen MR) is 104 cm³/mol. The molecule has 2 N–H and O–H groups in total. The fraction of sp³-hybridized carbons (Fsp3) is 0.368. The van der Waals surface area contributed by atoms with E-state index in [0.717, 1.165) is 6.42 Å². The van der Waals surface area contributed by atoms with Gasteiger partial charge in [0.05, 0.1) is 18.4 Å². The van der Waals surface area contributed by atoms with Gasteiger partial charge in [0.25, 0.3) is 15.9 Å². The van der Waals surface area contributed by atoms with Gasteiger partial charge in [-0.2, -0.15) is 0 Å². The largest absolute Gasteiger partial charge is 0.492 e. The lowest BCUT2D eigenvalue weighted by molar-refractivity contribution is 0.0948. The first-order valence-electron chi connectivity index (χ1n) is 8.82. The maximum absolute atomic E-state index is 12.9. The molecule has 0 saturated carbocycles. The molecule has 7 nitrogen and oxygen atoms in total. The molecule has 0 bridgehead atoms. The first-order chi connectivity index (χ1) is 12.8. The van der Waals surface area contributed by atoms with Crippen molar-refractivity contribution >= 4 is 21.6 Å². The highest BCUT2D eigenvalue weighted by atomic mass is 32.2. The number of nitrogens with zero attached hydrogens (tertiary/aromatic N) is 1. The van der Waals surface area contributed by atoms with E-state index in [9.17, 15) is 13.2 Å². The van der Waals surface area contributed by atoms with Gasteiger partial charge in [-0.1, -0.05) is 26.0 Å². The smallest absolute Gasteiger partial charge is 0.262 e. The topological polar surface area (TPSA) is 97.4 Å². The number of sulfonamides is 1. The average Bonchev–Trinajstić information content (AvgIpc) is 2.63. The summed E-state index contributed by atoms with van der Waals surface area (Å²) in [6, 6.07) is 7.67. The monoisotopic (exact) mass is 391 g/mol. The van der Waals surface area contributed by atoms with Crippen LogP contribution in [-0.4, -0.2) is 32.5 Å². The molecule has 0 aliphatic carbocycles. The van der Waals surface area contributed by atoms with E-state index < -0.39 is 15.9 Å². The van der Waals surface area contributed by atoms with Crippen molar-refractivity contribution in [3.8, 4) is 5.75 Å². The Labute approximate surface area is 160 Å². The van der Waals surface area contributed by atoms with Crippen molar-refractivity contribution in [1.82, 2.24) is 10.3 Å². The molecule has 0 spiro atoms. The zero-order chi connectivity index (χ0) is 19.9. The summed E-state index contributed by atoms with van der Waals surface area (Å²) in [6.07, 6.45) is 3.69. The van der Waals surface area contributed by atoms with Crippen LogP contribution < -0.4 is 14.8 Å². The van der Waals surface area contributed by atoms with Crippen LogP contribution in [-0.2, 0) is 10.0 Å². The SMILES string of the molecule is CCOc1ccncc1NS(=O)(=O)c1ccccc1C(=O)NCCC(C)C. The fourth-order valence-corrected chi connectivity index (χ4v) is 3.66. The Balaban J connectivity index is 2.28. The summed E-state index contributed by atoms with van der Waals surface area (Å²) in [5.41, 5.74) is 0.310. The number of carbonyl (C=O) groups is 1. The van der Waals surface area contributed by atoms with Crippen LogP contribution in [0.3, 0.4) is 0 Å². The summed E-state index contributed by atoms with van der Waals surface area (Å²) >= 11 is 0. The Morgan fingerprint density at radius 2 is 1.96 bits per heavy atom. The van der Waals surface area contributed by atoms with E-state index in [1.807, 2.05) is 0 Å². The molecule has 0 radical (unpaired) electrons. The van der Waals surface area contributed by atoms with Crippen LogP contribution in [0, 0.1) is 5.92 Å². The summed E-state index contributed by atoms with van der Waals surface area (Å²) in [5.74, 6) is 0.385. The van der Waals surface area contributed by atoms with Crippen LogP contribution >= 0.6 is 0 Å². The zero-order valence-electron chi connectivity index (χ0n) is 15.7. The second kappa shape index (κ2) is 9.36. The fourth-order valence-electron chi connectivity index (χ4n) is 2.40. The quantitative estimate of drug-likeness (QED) is 0.685. The van der Waals surface area contributed by atoms with Gasteiger partial charge in [0.15, 0.2) is 0 Å². The Hall–Kier alpha value is -2.61. The third-order valence-electron chi connectivity index (χ3n) is 3.75. The molecule has 146 valence electrons. The van der Waals surface area contributed by atoms with Crippen molar-refractivity contribution in [2.45, 2.75) is 32.1 Å². The number of nitrogens with one attached hydrogen (secondary N) is 2. The molecule has 1 aromatic carbocycles. The van der Waals surface area contributed by atoms with E-state index in [1.54, 1.807) is 25.1 Å². The highest BCUT2D eigenvalue weighted by molar-refractivity contribution is 7.92. The number of aromatic nitrogens is 1.